The molecular formula is C18H19F2NO3. The minimum atomic E-state index is -2.94. The fourth-order valence-electron chi connectivity index (χ4n) is 2.24. The largest absolute Gasteiger partial charge is 0.494 e. The van der Waals surface area contributed by atoms with Gasteiger partial charge in [-0.2, -0.15) is 8.78 Å². The first kappa shape index (κ1) is 17.7. The predicted molar refractivity (Wildman–Crippen MR) is 87.6 cm³/mol. The van der Waals surface area contributed by atoms with E-state index >= 15 is 0 Å². The minimum Gasteiger partial charge on any atom is -0.494 e. The lowest BCUT2D eigenvalue weighted by Gasteiger charge is -2.12. The second kappa shape index (κ2) is 8.86. The molecule has 1 N–H and O–H groups in total. The van der Waals surface area contributed by atoms with Gasteiger partial charge in [0.15, 0.2) is 0 Å². The number of nitrogens with one attached hydrogen (secondary N) is 1. The van der Waals surface area contributed by atoms with E-state index in [4.69, 9.17) is 4.74 Å². The van der Waals surface area contributed by atoms with Crippen molar-refractivity contribution < 1.29 is 23.0 Å². The van der Waals surface area contributed by atoms with Crippen LogP contribution in [0.3, 0.4) is 0 Å². The minimum absolute atomic E-state index is 0.0597. The van der Waals surface area contributed by atoms with Crippen LogP contribution in [0.2, 0.25) is 0 Å². The molecule has 0 atom stereocenters. The fraction of sp³-hybridized carbons (Fsp3) is 0.278. The van der Waals surface area contributed by atoms with Crippen molar-refractivity contribution in [3.63, 3.8) is 0 Å². The molecule has 2 aromatic rings. The summed E-state index contributed by atoms with van der Waals surface area (Å²) in [6.45, 7) is -0.508. The Morgan fingerprint density at radius 1 is 1.08 bits per heavy atom. The molecule has 0 heterocycles. The van der Waals surface area contributed by atoms with Gasteiger partial charge >= 0.3 is 6.61 Å². The highest BCUT2D eigenvalue weighted by atomic mass is 19.3. The second-order valence-corrected chi connectivity index (χ2v) is 4.96. The van der Waals surface area contributed by atoms with E-state index in [1.54, 1.807) is 12.1 Å². The van der Waals surface area contributed by atoms with Gasteiger partial charge in [-0.3, -0.25) is 4.79 Å². The summed E-state index contributed by atoms with van der Waals surface area (Å²) >= 11 is 0. The normalized spacial score (nSPS) is 10.5. The summed E-state index contributed by atoms with van der Waals surface area (Å²) in [4.78, 5) is 12.1. The molecule has 0 saturated heterocycles. The van der Waals surface area contributed by atoms with Crippen LogP contribution >= 0.6 is 0 Å². The molecule has 0 bridgehead atoms. The smallest absolute Gasteiger partial charge is 0.387 e. The van der Waals surface area contributed by atoms with Gasteiger partial charge in [-0.25, -0.2) is 0 Å². The van der Waals surface area contributed by atoms with Gasteiger partial charge in [0.25, 0.3) is 0 Å². The number of hydrogen-bond donors (Lipinski definition) is 1. The number of benzene rings is 2. The number of para-hydroxylation sites is 3. The average molecular weight is 335 g/mol. The van der Waals surface area contributed by atoms with Crippen molar-refractivity contribution in [2.45, 2.75) is 26.4 Å². The molecule has 0 spiro atoms. The molecule has 6 heteroatoms. The molecule has 2 rings (SSSR count). The predicted octanol–water partition coefficient (Wildman–Crippen LogP) is 4.26. The van der Waals surface area contributed by atoms with Crippen molar-refractivity contribution in [3.05, 3.63) is 54.1 Å². The Balaban J connectivity index is 1.97. The van der Waals surface area contributed by atoms with E-state index in [-0.39, 0.29) is 23.8 Å². The second-order valence-electron chi connectivity index (χ2n) is 4.96. The zero-order valence-corrected chi connectivity index (χ0v) is 13.3. The van der Waals surface area contributed by atoms with Crippen LogP contribution in [0.1, 0.15) is 18.9 Å². The number of aryl methyl sites for hydroxylation is 1. The quantitative estimate of drug-likeness (QED) is 0.784. The highest BCUT2D eigenvalue weighted by Gasteiger charge is 2.12. The number of amides is 1. The number of anilines is 1. The fourth-order valence-corrected chi connectivity index (χ4v) is 2.24. The van der Waals surface area contributed by atoms with Gasteiger partial charge in [0.1, 0.15) is 11.5 Å². The van der Waals surface area contributed by atoms with Crippen molar-refractivity contribution in [1.82, 2.24) is 0 Å². The van der Waals surface area contributed by atoms with Crippen LogP contribution in [0, 0.1) is 0 Å². The summed E-state index contributed by atoms with van der Waals surface area (Å²) in [7, 11) is 0. The van der Waals surface area contributed by atoms with Gasteiger partial charge in [-0.15, -0.1) is 0 Å². The number of hydrogen-bond acceptors (Lipinski definition) is 3. The van der Waals surface area contributed by atoms with Gasteiger partial charge in [0.2, 0.25) is 5.91 Å². The summed E-state index contributed by atoms with van der Waals surface area (Å²) in [5.74, 6) is 0.399. The maximum absolute atomic E-state index is 12.4. The molecule has 0 unspecified atom stereocenters. The Morgan fingerprint density at radius 2 is 1.75 bits per heavy atom. The van der Waals surface area contributed by atoms with E-state index in [0.29, 0.717) is 13.0 Å². The topological polar surface area (TPSA) is 47.6 Å². The highest BCUT2D eigenvalue weighted by molar-refractivity contribution is 5.92. The van der Waals surface area contributed by atoms with E-state index in [0.717, 1.165) is 11.3 Å². The zero-order chi connectivity index (χ0) is 17.4. The monoisotopic (exact) mass is 335 g/mol. The standard InChI is InChI=1S/C18H19F2NO3/c1-2-23-15-9-5-3-7-13(15)11-12-17(22)21-14-8-4-6-10-16(14)24-18(19)20/h3-10,18H,2,11-12H2,1H3,(H,21,22). The summed E-state index contributed by atoms with van der Waals surface area (Å²) in [6, 6.07) is 13.6. The third-order valence-corrected chi connectivity index (χ3v) is 3.27. The first-order chi connectivity index (χ1) is 11.6. The van der Waals surface area contributed by atoms with Crippen LogP contribution in [-0.2, 0) is 11.2 Å². The van der Waals surface area contributed by atoms with Crippen LogP contribution in [-0.4, -0.2) is 19.1 Å². The van der Waals surface area contributed by atoms with E-state index in [1.807, 2.05) is 31.2 Å². The van der Waals surface area contributed by atoms with Crippen LogP contribution in [0.15, 0.2) is 48.5 Å². The van der Waals surface area contributed by atoms with E-state index < -0.39 is 6.61 Å². The number of rotatable bonds is 8. The third-order valence-electron chi connectivity index (χ3n) is 3.27. The molecule has 0 saturated carbocycles. The summed E-state index contributed by atoms with van der Waals surface area (Å²) in [5.41, 5.74) is 1.15. The van der Waals surface area contributed by atoms with Crippen LogP contribution in [0.4, 0.5) is 14.5 Å². The van der Waals surface area contributed by atoms with E-state index in [1.165, 1.54) is 12.1 Å². The Hall–Kier alpha value is -2.63. The first-order valence-corrected chi connectivity index (χ1v) is 7.64. The molecule has 1 amide bonds. The molecule has 0 aromatic heterocycles. The Morgan fingerprint density at radius 3 is 2.46 bits per heavy atom. The summed E-state index contributed by atoms with van der Waals surface area (Å²) in [6.07, 6.45) is 0.687. The molecule has 128 valence electrons. The molecule has 2 aromatic carbocycles. The van der Waals surface area contributed by atoms with Gasteiger partial charge in [-0.1, -0.05) is 30.3 Å². The first-order valence-electron chi connectivity index (χ1n) is 7.64. The molecule has 0 fully saturated rings. The Kier molecular flexibility index (Phi) is 6.54. The number of alkyl halides is 2. The number of ether oxygens (including phenoxy) is 2. The highest BCUT2D eigenvalue weighted by Crippen LogP contribution is 2.26. The number of halogens is 2. The maximum atomic E-state index is 12.4. The van der Waals surface area contributed by atoms with Gasteiger partial charge in [-0.05, 0) is 37.1 Å². The molecule has 0 aliphatic heterocycles. The van der Waals surface area contributed by atoms with E-state index in [2.05, 4.69) is 10.1 Å². The molecule has 24 heavy (non-hydrogen) atoms. The molecule has 0 aliphatic carbocycles. The Bertz CT molecular complexity index is 677. The van der Waals surface area contributed by atoms with Crippen LogP contribution in [0.25, 0.3) is 0 Å². The van der Waals surface area contributed by atoms with Gasteiger partial charge in [0.05, 0.1) is 12.3 Å². The third kappa shape index (κ3) is 5.22. The molecule has 0 radical (unpaired) electrons. The average Bonchev–Trinajstić information content (AvgIpc) is 2.56. The molecular weight excluding hydrogens is 316 g/mol. The SMILES string of the molecule is CCOc1ccccc1CCC(=O)Nc1ccccc1OC(F)F. The zero-order valence-electron chi connectivity index (χ0n) is 13.3. The lowest BCUT2D eigenvalue weighted by molar-refractivity contribution is -0.116. The van der Waals surface area contributed by atoms with Crippen molar-refractivity contribution in [2.75, 3.05) is 11.9 Å². The number of carbonyl (C=O) groups is 1. The lowest BCUT2D eigenvalue weighted by Crippen LogP contribution is -2.14. The van der Waals surface area contributed by atoms with E-state index in [9.17, 15) is 13.6 Å². The van der Waals surface area contributed by atoms with Crippen LogP contribution < -0.4 is 14.8 Å². The van der Waals surface area contributed by atoms with Crippen molar-refractivity contribution in [1.29, 1.82) is 0 Å². The van der Waals surface area contributed by atoms with Gasteiger partial charge < -0.3 is 14.8 Å². The lowest BCUT2D eigenvalue weighted by atomic mass is 10.1. The molecule has 4 nitrogen and oxygen atoms in total. The summed E-state index contributed by atoms with van der Waals surface area (Å²) in [5, 5.41) is 2.60. The van der Waals surface area contributed by atoms with Crippen LogP contribution in [0.5, 0.6) is 11.5 Å². The maximum Gasteiger partial charge on any atom is 0.387 e. The number of carbonyl (C=O) groups excluding carboxylic acids is 1. The molecule has 0 aliphatic rings. The summed E-state index contributed by atoms with van der Waals surface area (Å²) < 4.78 is 34.7. The Labute approximate surface area is 139 Å². The van der Waals surface area contributed by atoms with Crippen molar-refractivity contribution in [2.24, 2.45) is 0 Å². The van der Waals surface area contributed by atoms with Crippen molar-refractivity contribution >= 4 is 11.6 Å². The van der Waals surface area contributed by atoms with Gasteiger partial charge in [0, 0.05) is 6.42 Å². The van der Waals surface area contributed by atoms with Crippen molar-refractivity contribution in [3.8, 4) is 11.5 Å².